The lowest BCUT2D eigenvalue weighted by Gasteiger charge is -2.14. The van der Waals surface area contributed by atoms with Gasteiger partial charge in [0, 0.05) is 12.3 Å². The predicted molar refractivity (Wildman–Crippen MR) is 73.8 cm³/mol. The maximum absolute atomic E-state index is 5.42. The van der Waals surface area contributed by atoms with E-state index in [1.54, 1.807) is 6.20 Å². The molecule has 2 atom stereocenters. The molecule has 0 amide bonds. The lowest BCUT2D eigenvalue weighted by molar-refractivity contribution is 0.445. The van der Waals surface area contributed by atoms with Crippen LogP contribution >= 0.6 is 0 Å². The van der Waals surface area contributed by atoms with Crippen molar-refractivity contribution in [3.63, 3.8) is 0 Å². The predicted octanol–water partition coefficient (Wildman–Crippen LogP) is 3.91. The van der Waals surface area contributed by atoms with Crippen LogP contribution in [0.4, 0.5) is 0 Å². The SMILES string of the molecule is CCCC(CCC(C)CC)N=CC(C)=CN. The second kappa shape index (κ2) is 9.44. The van der Waals surface area contributed by atoms with Gasteiger partial charge >= 0.3 is 0 Å². The lowest BCUT2D eigenvalue weighted by atomic mass is 9.97. The Morgan fingerprint density at radius 2 is 1.94 bits per heavy atom. The van der Waals surface area contributed by atoms with Crippen molar-refractivity contribution in [3.05, 3.63) is 11.8 Å². The van der Waals surface area contributed by atoms with Crippen molar-refractivity contribution < 1.29 is 0 Å². The highest BCUT2D eigenvalue weighted by atomic mass is 14.8. The minimum absolute atomic E-state index is 0.480. The first-order chi connectivity index (χ1) is 7.63. The molecule has 0 spiro atoms. The van der Waals surface area contributed by atoms with E-state index in [4.69, 9.17) is 5.73 Å². The van der Waals surface area contributed by atoms with Crippen LogP contribution in [0.15, 0.2) is 16.8 Å². The van der Waals surface area contributed by atoms with Crippen molar-refractivity contribution >= 4 is 6.21 Å². The summed E-state index contributed by atoms with van der Waals surface area (Å²) in [5, 5.41) is 0. The highest BCUT2D eigenvalue weighted by molar-refractivity contribution is 5.77. The molecular formula is C14H28N2. The smallest absolute Gasteiger partial charge is 0.0499 e. The zero-order valence-electron chi connectivity index (χ0n) is 11.4. The standard InChI is InChI=1S/C14H28N2/c1-5-7-14(9-8-12(3)6-2)16-11-13(4)10-15/h10-12,14H,5-9,15H2,1-4H3. The highest BCUT2D eigenvalue weighted by Gasteiger charge is 2.07. The van der Waals surface area contributed by atoms with Crippen molar-refractivity contribution in [3.8, 4) is 0 Å². The molecule has 0 bridgehead atoms. The molecular weight excluding hydrogens is 196 g/mol. The fourth-order valence-corrected chi connectivity index (χ4v) is 1.57. The Balaban J connectivity index is 4.11. The van der Waals surface area contributed by atoms with Crippen LogP contribution in [-0.4, -0.2) is 12.3 Å². The fourth-order valence-electron chi connectivity index (χ4n) is 1.57. The summed E-state index contributed by atoms with van der Waals surface area (Å²) in [6.07, 6.45) is 9.67. The largest absolute Gasteiger partial charge is 0.404 e. The van der Waals surface area contributed by atoms with Crippen LogP contribution in [0.5, 0.6) is 0 Å². The molecule has 0 saturated carbocycles. The molecule has 2 N–H and O–H groups in total. The van der Waals surface area contributed by atoms with Gasteiger partial charge in [0.1, 0.15) is 0 Å². The van der Waals surface area contributed by atoms with Crippen LogP contribution in [0.25, 0.3) is 0 Å². The van der Waals surface area contributed by atoms with Crippen molar-refractivity contribution in [2.24, 2.45) is 16.6 Å². The Hall–Kier alpha value is -0.790. The van der Waals surface area contributed by atoms with Gasteiger partial charge in [-0.25, -0.2) is 0 Å². The molecule has 16 heavy (non-hydrogen) atoms. The van der Waals surface area contributed by atoms with Crippen molar-refractivity contribution in [1.82, 2.24) is 0 Å². The van der Waals surface area contributed by atoms with Crippen LogP contribution in [0.3, 0.4) is 0 Å². The molecule has 0 aliphatic heterocycles. The van der Waals surface area contributed by atoms with E-state index in [0.29, 0.717) is 6.04 Å². The molecule has 0 aromatic rings. The third-order valence-corrected chi connectivity index (χ3v) is 3.06. The molecule has 0 radical (unpaired) electrons. The third kappa shape index (κ3) is 7.49. The molecule has 2 unspecified atom stereocenters. The average Bonchev–Trinajstić information content (AvgIpc) is 2.31. The molecule has 0 fully saturated rings. The van der Waals surface area contributed by atoms with Gasteiger partial charge in [-0.05, 0) is 43.9 Å². The molecule has 0 heterocycles. The van der Waals surface area contributed by atoms with Gasteiger partial charge in [-0.3, -0.25) is 4.99 Å². The van der Waals surface area contributed by atoms with E-state index in [-0.39, 0.29) is 0 Å². The third-order valence-electron chi connectivity index (χ3n) is 3.06. The van der Waals surface area contributed by atoms with Gasteiger partial charge in [-0.2, -0.15) is 0 Å². The Labute approximate surface area is 101 Å². The molecule has 0 aliphatic carbocycles. The molecule has 2 nitrogen and oxygen atoms in total. The fraction of sp³-hybridized carbons (Fsp3) is 0.786. The topological polar surface area (TPSA) is 38.4 Å². The second-order valence-electron chi connectivity index (χ2n) is 4.72. The molecule has 0 saturated heterocycles. The molecule has 0 rings (SSSR count). The lowest BCUT2D eigenvalue weighted by Crippen LogP contribution is -2.07. The van der Waals surface area contributed by atoms with Crippen LogP contribution in [0.1, 0.15) is 59.8 Å². The second-order valence-corrected chi connectivity index (χ2v) is 4.72. The highest BCUT2D eigenvalue weighted by Crippen LogP contribution is 2.16. The van der Waals surface area contributed by atoms with Crippen LogP contribution in [0, 0.1) is 5.92 Å². The van der Waals surface area contributed by atoms with Gasteiger partial charge in [0.15, 0.2) is 0 Å². The number of nitrogens with two attached hydrogens (primary N) is 1. The van der Waals surface area contributed by atoms with E-state index in [1.165, 1.54) is 32.1 Å². The first-order valence-corrected chi connectivity index (χ1v) is 6.55. The summed E-state index contributed by atoms with van der Waals surface area (Å²) in [6, 6.07) is 0.480. The van der Waals surface area contributed by atoms with Crippen LogP contribution in [-0.2, 0) is 0 Å². The number of hydrogen-bond donors (Lipinski definition) is 1. The maximum atomic E-state index is 5.42. The number of allylic oxidation sites excluding steroid dienone is 1. The van der Waals surface area contributed by atoms with E-state index in [9.17, 15) is 0 Å². The van der Waals surface area contributed by atoms with Gasteiger partial charge in [-0.1, -0.05) is 33.6 Å². The number of aliphatic imine (C=N–C) groups is 1. The average molecular weight is 224 g/mol. The molecule has 94 valence electrons. The van der Waals surface area contributed by atoms with E-state index in [2.05, 4.69) is 25.8 Å². The van der Waals surface area contributed by atoms with Crippen LogP contribution < -0.4 is 5.73 Å². The van der Waals surface area contributed by atoms with Gasteiger partial charge in [0.25, 0.3) is 0 Å². The minimum Gasteiger partial charge on any atom is -0.404 e. The number of nitrogens with zero attached hydrogens (tertiary/aromatic N) is 1. The van der Waals surface area contributed by atoms with Gasteiger partial charge in [0.05, 0.1) is 0 Å². The number of rotatable bonds is 8. The first-order valence-electron chi connectivity index (χ1n) is 6.55. The van der Waals surface area contributed by atoms with E-state index >= 15 is 0 Å². The summed E-state index contributed by atoms with van der Waals surface area (Å²) in [5.74, 6) is 0.820. The Bertz CT molecular complexity index is 219. The molecule has 0 aromatic carbocycles. The first kappa shape index (κ1) is 15.2. The van der Waals surface area contributed by atoms with Gasteiger partial charge in [0.2, 0.25) is 0 Å². The molecule has 0 aromatic heterocycles. The Morgan fingerprint density at radius 1 is 1.25 bits per heavy atom. The van der Waals surface area contributed by atoms with E-state index in [0.717, 1.165) is 11.5 Å². The Morgan fingerprint density at radius 3 is 2.44 bits per heavy atom. The van der Waals surface area contributed by atoms with E-state index in [1.807, 2.05) is 13.1 Å². The Kier molecular flexibility index (Phi) is 8.97. The molecule has 0 aliphatic rings. The van der Waals surface area contributed by atoms with Crippen LogP contribution in [0.2, 0.25) is 0 Å². The minimum atomic E-state index is 0.480. The van der Waals surface area contributed by atoms with Gasteiger partial charge < -0.3 is 5.73 Å². The van der Waals surface area contributed by atoms with Gasteiger partial charge in [-0.15, -0.1) is 0 Å². The quantitative estimate of drug-likeness (QED) is 0.624. The summed E-state index contributed by atoms with van der Waals surface area (Å²) in [6.45, 7) is 8.78. The monoisotopic (exact) mass is 224 g/mol. The van der Waals surface area contributed by atoms with Crippen molar-refractivity contribution in [2.75, 3.05) is 0 Å². The molecule has 2 heteroatoms. The summed E-state index contributed by atoms with van der Waals surface area (Å²) in [7, 11) is 0. The normalized spacial score (nSPS) is 16.6. The summed E-state index contributed by atoms with van der Waals surface area (Å²) >= 11 is 0. The summed E-state index contributed by atoms with van der Waals surface area (Å²) in [5.41, 5.74) is 6.47. The zero-order chi connectivity index (χ0) is 12.4. The van der Waals surface area contributed by atoms with Crippen molar-refractivity contribution in [2.45, 2.75) is 65.8 Å². The van der Waals surface area contributed by atoms with E-state index < -0.39 is 0 Å². The summed E-state index contributed by atoms with van der Waals surface area (Å²) < 4.78 is 0. The van der Waals surface area contributed by atoms with Crippen molar-refractivity contribution in [1.29, 1.82) is 0 Å². The summed E-state index contributed by atoms with van der Waals surface area (Å²) in [4.78, 5) is 4.62. The number of hydrogen-bond acceptors (Lipinski definition) is 2. The zero-order valence-corrected chi connectivity index (χ0v) is 11.4. The maximum Gasteiger partial charge on any atom is 0.0499 e.